The Labute approximate surface area is 247 Å². The molecule has 0 radical (unpaired) electrons. The molecule has 0 saturated heterocycles. The highest BCUT2D eigenvalue weighted by Gasteiger charge is 2.76. The van der Waals surface area contributed by atoms with Gasteiger partial charge in [-0.3, -0.25) is 28.8 Å². The molecule has 3 aliphatic carbocycles. The van der Waals surface area contributed by atoms with Gasteiger partial charge in [-0.25, -0.2) is 0 Å². The van der Waals surface area contributed by atoms with E-state index in [1.165, 1.54) is 0 Å². The molecule has 0 bridgehead atoms. The zero-order chi connectivity index (χ0) is 31.7. The molecule has 0 aliphatic heterocycles. The van der Waals surface area contributed by atoms with Gasteiger partial charge >= 0.3 is 0 Å². The first kappa shape index (κ1) is 31.7. The molecule has 2 saturated carbocycles. The number of allylic oxidation sites excluding steroid dienone is 1. The number of carbonyl (C=O) groups excluding carboxylic acids is 6. The molecule has 4 rings (SSSR count). The van der Waals surface area contributed by atoms with Gasteiger partial charge in [0.1, 0.15) is 23.2 Å². The van der Waals surface area contributed by atoms with Crippen LogP contribution in [0.5, 0.6) is 5.75 Å². The predicted octanol–water partition coefficient (Wildman–Crippen LogP) is 4.29. The second kappa shape index (κ2) is 10.5. The van der Waals surface area contributed by atoms with Crippen molar-refractivity contribution in [2.75, 3.05) is 0 Å². The predicted molar refractivity (Wildman–Crippen MR) is 155 cm³/mol. The van der Waals surface area contributed by atoms with Crippen LogP contribution >= 0.6 is 0 Å². The third-order valence-corrected chi connectivity index (χ3v) is 10.1. The van der Waals surface area contributed by atoms with Crippen LogP contribution in [0.15, 0.2) is 18.7 Å². The van der Waals surface area contributed by atoms with Crippen molar-refractivity contribution >= 4 is 34.7 Å². The van der Waals surface area contributed by atoms with Crippen molar-refractivity contribution in [3.05, 3.63) is 41.0 Å². The number of hydrogen-bond acceptors (Lipinski definition) is 8. The molecule has 42 heavy (non-hydrogen) atoms. The van der Waals surface area contributed by atoms with Crippen LogP contribution in [-0.4, -0.2) is 50.5 Å². The number of fused-ring (bicyclic) bond motifs is 3. The number of phenols is 1. The molecule has 0 spiro atoms. The van der Waals surface area contributed by atoms with Crippen molar-refractivity contribution < 1.29 is 39.0 Å². The fourth-order valence-corrected chi connectivity index (χ4v) is 8.50. The van der Waals surface area contributed by atoms with E-state index in [1.54, 1.807) is 39.8 Å². The van der Waals surface area contributed by atoms with Crippen LogP contribution in [0.3, 0.4) is 0 Å². The molecule has 3 unspecified atom stereocenters. The summed E-state index contributed by atoms with van der Waals surface area (Å²) in [4.78, 5) is 81.4. The largest absolute Gasteiger partial charge is 0.507 e. The van der Waals surface area contributed by atoms with Crippen molar-refractivity contribution in [3.8, 4) is 5.75 Å². The van der Waals surface area contributed by atoms with E-state index in [-0.39, 0.29) is 54.3 Å². The Morgan fingerprint density at radius 3 is 2.24 bits per heavy atom. The highest BCUT2D eigenvalue weighted by Crippen LogP contribution is 2.64. The van der Waals surface area contributed by atoms with Gasteiger partial charge in [-0.2, -0.15) is 0 Å². The highest BCUT2D eigenvalue weighted by atomic mass is 16.3. The Bertz CT molecular complexity index is 1430. The average molecular weight is 579 g/mol. The van der Waals surface area contributed by atoms with Crippen LogP contribution in [0.4, 0.5) is 0 Å². The van der Waals surface area contributed by atoms with Crippen molar-refractivity contribution in [1.29, 1.82) is 0 Å². The van der Waals surface area contributed by atoms with Crippen LogP contribution < -0.4 is 0 Å². The van der Waals surface area contributed by atoms with Crippen molar-refractivity contribution in [3.63, 3.8) is 0 Å². The highest BCUT2D eigenvalue weighted by molar-refractivity contribution is 6.32. The first-order chi connectivity index (χ1) is 19.4. The molecular formula is C34H42O8. The van der Waals surface area contributed by atoms with Crippen LogP contribution in [0.2, 0.25) is 0 Å². The van der Waals surface area contributed by atoms with Crippen LogP contribution in [0, 0.1) is 34.5 Å². The number of aliphatic hydroxyl groups is 1. The normalized spacial score (nSPS) is 32.5. The van der Waals surface area contributed by atoms with Crippen molar-refractivity contribution in [2.24, 2.45) is 34.5 Å². The first-order valence-corrected chi connectivity index (χ1v) is 14.8. The monoisotopic (exact) mass is 578 g/mol. The summed E-state index contributed by atoms with van der Waals surface area (Å²) in [7, 11) is 0. The molecule has 0 heterocycles. The molecular weight excluding hydrogens is 536 g/mol. The standard InChI is InChI=1S/C34H42O8/c1-9-10-11-20(36)12-19-13-21(16(2)3)22-14-32(7)15-33(8)25(17(4)5)28(38)23(18(6)35)30(40)34(33,42)31(41)26(32)29(39)24(22)27(19)37/h9,13,16-17,23,25-26,37,42H,1,10-12,14-15H2,2-8H3/t23?,25?,26?,32-,33-,34+/m1/s1. The summed E-state index contributed by atoms with van der Waals surface area (Å²) >= 11 is 0. The van der Waals surface area contributed by atoms with Crippen molar-refractivity contribution in [1.82, 2.24) is 0 Å². The molecule has 2 N–H and O–H groups in total. The molecule has 0 amide bonds. The Balaban J connectivity index is 1.95. The average Bonchev–Trinajstić information content (AvgIpc) is 2.85. The molecule has 6 atom stereocenters. The zero-order valence-corrected chi connectivity index (χ0v) is 25.6. The second-order valence-corrected chi connectivity index (χ2v) is 13.9. The zero-order valence-electron chi connectivity index (χ0n) is 25.6. The minimum Gasteiger partial charge on any atom is -0.507 e. The molecule has 8 nitrogen and oxygen atoms in total. The molecule has 2 fully saturated rings. The lowest BCUT2D eigenvalue weighted by Gasteiger charge is -2.62. The Morgan fingerprint density at radius 2 is 1.71 bits per heavy atom. The van der Waals surface area contributed by atoms with E-state index in [1.807, 2.05) is 13.8 Å². The topological polar surface area (TPSA) is 143 Å². The van der Waals surface area contributed by atoms with Gasteiger partial charge in [0.15, 0.2) is 28.7 Å². The number of ketones is 6. The lowest BCUT2D eigenvalue weighted by molar-refractivity contribution is -0.205. The van der Waals surface area contributed by atoms with Crippen LogP contribution in [0.1, 0.15) is 101 Å². The lowest BCUT2D eigenvalue weighted by Crippen LogP contribution is -2.76. The van der Waals surface area contributed by atoms with Gasteiger partial charge in [0.25, 0.3) is 0 Å². The Morgan fingerprint density at radius 1 is 1.10 bits per heavy atom. The van der Waals surface area contributed by atoms with Crippen LogP contribution in [0.25, 0.3) is 0 Å². The number of rotatable bonds is 8. The quantitative estimate of drug-likeness (QED) is 0.344. The fraction of sp³-hybridized carbons (Fsp3) is 0.588. The maximum absolute atomic E-state index is 14.5. The summed E-state index contributed by atoms with van der Waals surface area (Å²) in [5, 5.41) is 23.5. The summed E-state index contributed by atoms with van der Waals surface area (Å²) in [6.07, 6.45) is 2.42. The van der Waals surface area contributed by atoms with Crippen molar-refractivity contribution in [2.45, 2.75) is 92.1 Å². The lowest BCUT2D eigenvalue weighted by atomic mass is 9.39. The molecule has 8 heteroatoms. The fourth-order valence-electron chi connectivity index (χ4n) is 8.50. The second-order valence-electron chi connectivity index (χ2n) is 13.9. The maximum Gasteiger partial charge on any atom is 0.190 e. The summed E-state index contributed by atoms with van der Waals surface area (Å²) in [6.45, 7) is 15.4. The Hall–Kier alpha value is -3.26. The van der Waals surface area contributed by atoms with Gasteiger partial charge in [-0.1, -0.05) is 53.7 Å². The van der Waals surface area contributed by atoms with E-state index in [0.717, 1.165) is 12.5 Å². The van der Waals surface area contributed by atoms with Gasteiger partial charge in [-0.15, -0.1) is 6.58 Å². The van der Waals surface area contributed by atoms with Gasteiger partial charge in [-0.05, 0) is 54.6 Å². The summed E-state index contributed by atoms with van der Waals surface area (Å²) in [5.74, 6) is -9.51. The number of benzene rings is 1. The van der Waals surface area contributed by atoms with Gasteiger partial charge in [0.2, 0.25) is 0 Å². The summed E-state index contributed by atoms with van der Waals surface area (Å²) in [5.41, 5.74) is -3.81. The van der Waals surface area contributed by atoms with E-state index in [2.05, 4.69) is 6.58 Å². The minimum absolute atomic E-state index is 0.00310. The molecule has 226 valence electrons. The van der Waals surface area contributed by atoms with E-state index < -0.39 is 69.0 Å². The number of phenolic OH excluding ortho intramolecular Hbond substituents is 1. The van der Waals surface area contributed by atoms with Gasteiger partial charge < -0.3 is 10.2 Å². The summed E-state index contributed by atoms with van der Waals surface area (Å²) in [6, 6.07) is 1.76. The number of carbonyl (C=O) groups is 6. The molecule has 0 aromatic heterocycles. The number of hydrogen-bond donors (Lipinski definition) is 2. The number of Topliss-reactive ketones (excluding diaryl/α,β-unsaturated/α-hetero) is 6. The van der Waals surface area contributed by atoms with Gasteiger partial charge in [0.05, 0.1) is 11.5 Å². The van der Waals surface area contributed by atoms with E-state index in [4.69, 9.17) is 0 Å². The maximum atomic E-state index is 14.5. The minimum atomic E-state index is -2.74. The SMILES string of the molecule is C=CCCC(=O)Cc1cc(C(C)C)c2c(c1O)C(=O)C1C(=O)[C@@]3(O)C(=O)C(C(C)=O)C(=O)C(C(C)C)[C@@]3(C)C[C@@]1(C)C2. The van der Waals surface area contributed by atoms with E-state index in [0.29, 0.717) is 12.0 Å². The Kier molecular flexibility index (Phi) is 7.90. The third kappa shape index (κ3) is 4.28. The van der Waals surface area contributed by atoms with Crippen LogP contribution in [-0.2, 0) is 36.8 Å². The van der Waals surface area contributed by atoms with E-state index >= 15 is 0 Å². The molecule has 1 aromatic carbocycles. The third-order valence-electron chi connectivity index (χ3n) is 10.1. The van der Waals surface area contributed by atoms with E-state index in [9.17, 15) is 39.0 Å². The number of aromatic hydroxyl groups is 1. The summed E-state index contributed by atoms with van der Waals surface area (Å²) < 4.78 is 0. The smallest absolute Gasteiger partial charge is 0.190 e. The first-order valence-electron chi connectivity index (χ1n) is 14.8. The molecule has 3 aliphatic rings. The van der Waals surface area contributed by atoms with Gasteiger partial charge in [0, 0.05) is 29.7 Å². The molecule has 1 aromatic rings.